The van der Waals surface area contributed by atoms with Crippen molar-refractivity contribution in [2.45, 2.75) is 12.8 Å². The maximum absolute atomic E-state index is 12.1. The second-order valence-corrected chi connectivity index (χ2v) is 5.71. The SMILES string of the molecule is COc1ccc(-c2cc(CC(=O)Nc3ccc(OC(F)(F)F)cc3)no2)cc1. The number of benzene rings is 2. The number of nitrogens with zero attached hydrogens (tertiary/aromatic N) is 1. The Balaban J connectivity index is 1.58. The molecule has 28 heavy (non-hydrogen) atoms. The first-order chi connectivity index (χ1) is 13.3. The van der Waals surface area contributed by atoms with Gasteiger partial charge in [0.15, 0.2) is 5.76 Å². The first kappa shape index (κ1) is 19.3. The van der Waals surface area contributed by atoms with Gasteiger partial charge in [-0.05, 0) is 48.5 Å². The van der Waals surface area contributed by atoms with Crippen LogP contribution in [-0.2, 0) is 11.2 Å². The molecule has 0 bridgehead atoms. The van der Waals surface area contributed by atoms with Crippen LogP contribution in [-0.4, -0.2) is 24.5 Å². The number of carbonyl (C=O) groups is 1. The molecule has 2 aromatic carbocycles. The molecule has 9 heteroatoms. The molecule has 0 aliphatic carbocycles. The highest BCUT2D eigenvalue weighted by Crippen LogP contribution is 2.25. The Labute approximate surface area is 157 Å². The molecule has 1 aromatic heterocycles. The molecule has 0 fully saturated rings. The van der Waals surface area contributed by atoms with Gasteiger partial charge in [0.25, 0.3) is 0 Å². The zero-order valence-electron chi connectivity index (χ0n) is 14.6. The normalized spacial score (nSPS) is 11.1. The molecule has 1 N–H and O–H groups in total. The number of methoxy groups -OCH3 is 1. The van der Waals surface area contributed by atoms with Gasteiger partial charge in [0.05, 0.1) is 19.2 Å². The molecule has 0 saturated heterocycles. The topological polar surface area (TPSA) is 73.6 Å². The van der Waals surface area contributed by atoms with E-state index in [2.05, 4.69) is 15.2 Å². The van der Waals surface area contributed by atoms with Crippen LogP contribution in [0.25, 0.3) is 11.3 Å². The van der Waals surface area contributed by atoms with E-state index in [1.165, 1.54) is 12.1 Å². The van der Waals surface area contributed by atoms with Gasteiger partial charge in [0, 0.05) is 17.3 Å². The number of anilines is 1. The molecule has 0 aliphatic heterocycles. The van der Waals surface area contributed by atoms with Crippen LogP contribution in [0, 0.1) is 0 Å². The highest BCUT2D eigenvalue weighted by atomic mass is 19.4. The van der Waals surface area contributed by atoms with E-state index < -0.39 is 6.36 Å². The number of nitrogens with one attached hydrogen (secondary N) is 1. The summed E-state index contributed by atoms with van der Waals surface area (Å²) in [7, 11) is 1.57. The number of hydrogen-bond donors (Lipinski definition) is 1. The lowest BCUT2D eigenvalue weighted by Gasteiger charge is -2.09. The highest BCUT2D eigenvalue weighted by Gasteiger charge is 2.30. The number of carbonyl (C=O) groups excluding carboxylic acids is 1. The molecule has 3 rings (SSSR count). The summed E-state index contributed by atoms with van der Waals surface area (Å²) in [6.45, 7) is 0. The van der Waals surface area contributed by atoms with Crippen LogP contribution < -0.4 is 14.8 Å². The van der Waals surface area contributed by atoms with Gasteiger partial charge in [0.2, 0.25) is 5.91 Å². The number of aromatic nitrogens is 1. The summed E-state index contributed by atoms with van der Waals surface area (Å²) in [5.41, 5.74) is 1.53. The Morgan fingerprint density at radius 1 is 1.07 bits per heavy atom. The summed E-state index contributed by atoms with van der Waals surface area (Å²) < 4.78 is 50.5. The molecule has 0 spiro atoms. The highest BCUT2D eigenvalue weighted by molar-refractivity contribution is 5.92. The zero-order valence-corrected chi connectivity index (χ0v) is 14.6. The lowest BCUT2D eigenvalue weighted by Crippen LogP contribution is -2.17. The minimum Gasteiger partial charge on any atom is -0.497 e. The van der Waals surface area contributed by atoms with Crippen LogP contribution in [0.15, 0.2) is 59.1 Å². The first-order valence-electron chi connectivity index (χ1n) is 8.08. The summed E-state index contributed by atoms with van der Waals surface area (Å²) in [5, 5.41) is 6.43. The van der Waals surface area contributed by atoms with Gasteiger partial charge in [-0.3, -0.25) is 4.79 Å². The predicted octanol–water partition coefficient (Wildman–Crippen LogP) is 4.43. The number of amides is 1. The molecule has 1 amide bonds. The van der Waals surface area contributed by atoms with Crippen LogP contribution in [0.3, 0.4) is 0 Å². The number of alkyl halides is 3. The standard InChI is InChI=1S/C19H15F3N2O4/c1-26-15-6-2-12(3-7-15)17-10-14(24-28-17)11-18(25)23-13-4-8-16(9-5-13)27-19(20,21)22/h2-10H,11H2,1H3,(H,23,25). The van der Waals surface area contributed by atoms with Crippen LogP contribution in [0.4, 0.5) is 18.9 Å². The van der Waals surface area contributed by atoms with Gasteiger partial charge in [0.1, 0.15) is 11.5 Å². The van der Waals surface area contributed by atoms with Crippen molar-refractivity contribution in [1.29, 1.82) is 0 Å². The minimum atomic E-state index is -4.76. The van der Waals surface area contributed by atoms with Crippen molar-refractivity contribution in [1.82, 2.24) is 5.16 Å². The maximum atomic E-state index is 12.1. The maximum Gasteiger partial charge on any atom is 0.573 e. The number of rotatable bonds is 6. The van der Waals surface area contributed by atoms with E-state index in [0.717, 1.165) is 17.7 Å². The lowest BCUT2D eigenvalue weighted by molar-refractivity contribution is -0.274. The van der Waals surface area contributed by atoms with Crippen molar-refractivity contribution in [3.8, 4) is 22.8 Å². The second kappa shape index (κ2) is 8.03. The van der Waals surface area contributed by atoms with Gasteiger partial charge >= 0.3 is 6.36 Å². The van der Waals surface area contributed by atoms with E-state index in [4.69, 9.17) is 9.26 Å². The fourth-order valence-corrected chi connectivity index (χ4v) is 2.40. The van der Waals surface area contributed by atoms with Gasteiger partial charge in [-0.15, -0.1) is 13.2 Å². The first-order valence-corrected chi connectivity index (χ1v) is 8.08. The van der Waals surface area contributed by atoms with E-state index in [0.29, 0.717) is 22.9 Å². The smallest absolute Gasteiger partial charge is 0.497 e. The molecular weight excluding hydrogens is 377 g/mol. The minimum absolute atomic E-state index is 0.0551. The van der Waals surface area contributed by atoms with E-state index in [9.17, 15) is 18.0 Å². The molecule has 0 atom stereocenters. The Morgan fingerprint density at radius 2 is 1.71 bits per heavy atom. The second-order valence-electron chi connectivity index (χ2n) is 5.71. The Kier molecular flexibility index (Phi) is 5.53. The Bertz CT molecular complexity index is 935. The van der Waals surface area contributed by atoms with Crippen molar-refractivity contribution in [2.75, 3.05) is 12.4 Å². The molecule has 3 aromatic rings. The average molecular weight is 392 g/mol. The predicted molar refractivity (Wildman–Crippen MR) is 93.9 cm³/mol. The van der Waals surface area contributed by atoms with Crippen molar-refractivity contribution < 1.29 is 32.0 Å². The number of hydrogen-bond acceptors (Lipinski definition) is 5. The molecule has 0 saturated carbocycles. The van der Waals surface area contributed by atoms with E-state index in [-0.39, 0.29) is 18.1 Å². The molecule has 0 radical (unpaired) electrons. The zero-order chi connectivity index (χ0) is 20.1. The van der Waals surface area contributed by atoms with Gasteiger partial charge in [-0.25, -0.2) is 0 Å². The van der Waals surface area contributed by atoms with Crippen LogP contribution in [0.2, 0.25) is 0 Å². The summed E-state index contributed by atoms with van der Waals surface area (Å²) in [4.78, 5) is 12.1. The Hall–Kier alpha value is -3.49. The average Bonchev–Trinajstić information content (AvgIpc) is 3.10. The molecule has 0 aliphatic rings. The number of ether oxygens (including phenoxy) is 2. The van der Waals surface area contributed by atoms with Crippen LogP contribution in [0.1, 0.15) is 5.69 Å². The van der Waals surface area contributed by atoms with Crippen molar-refractivity contribution in [3.05, 3.63) is 60.3 Å². The van der Waals surface area contributed by atoms with Crippen molar-refractivity contribution in [2.24, 2.45) is 0 Å². The third kappa shape index (κ3) is 5.26. The summed E-state index contributed by atoms with van der Waals surface area (Å²) in [6, 6.07) is 13.6. The third-order valence-electron chi connectivity index (χ3n) is 3.65. The quantitative estimate of drug-likeness (QED) is 0.672. The summed E-state index contributed by atoms with van der Waals surface area (Å²) >= 11 is 0. The van der Waals surface area contributed by atoms with Gasteiger partial charge in [-0.2, -0.15) is 0 Å². The molecule has 1 heterocycles. The van der Waals surface area contributed by atoms with E-state index >= 15 is 0 Å². The Morgan fingerprint density at radius 3 is 2.32 bits per heavy atom. The largest absolute Gasteiger partial charge is 0.573 e. The summed E-state index contributed by atoms with van der Waals surface area (Å²) in [6.07, 6.45) is -4.82. The number of halogens is 3. The molecular formula is C19H15F3N2O4. The van der Waals surface area contributed by atoms with Crippen LogP contribution in [0.5, 0.6) is 11.5 Å². The van der Waals surface area contributed by atoms with E-state index in [1.807, 2.05) is 0 Å². The van der Waals surface area contributed by atoms with E-state index in [1.54, 1.807) is 37.4 Å². The fraction of sp³-hybridized carbons (Fsp3) is 0.158. The third-order valence-corrected chi connectivity index (χ3v) is 3.65. The molecule has 6 nitrogen and oxygen atoms in total. The summed E-state index contributed by atoms with van der Waals surface area (Å²) in [5.74, 6) is 0.443. The van der Waals surface area contributed by atoms with Gasteiger partial charge < -0.3 is 19.3 Å². The van der Waals surface area contributed by atoms with Gasteiger partial charge in [-0.1, -0.05) is 5.16 Å². The fourth-order valence-electron chi connectivity index (χ4n) is 2.40. The lowest BCUT2D eigenvalue weighted by atomic mass is 10.1. The molecule has 0 unspecified atom stereocenters. The van der Waals surface area contributed by atoms with Crippen molar-refractivity contribution >= 4 is 11.6 Å². The monoisotopic (exact) mass is 392 g/mol. The van der Waals surface area contributed by atoms with Crippen LogP contribution >= 0.6 is 0 Å². The molecule has 146 valence electrons. The van der Waals surface area contributed by atoms with Crippen molar-refractivity contribution in [3.63, 3.8) is 0 Å².